The fourth-order valence-corrected chi connectivity index (χ4v) is 3.36. The van der Waals surface area contributed by atoms with Gasteiger partial charge in [-0.25, -0.2) is 13.1 Å². The van der Waals surface area contributed by atoms with Crippen molar-refractivity contribution in [1.82, 2.24) is 10.0 Å². The molecule has 6 nitrogen and oxygen atoms in total. The quantitative estimate of drug-likeness (QED) is 0.733. The maximum atomic E-state index is 12.3. The molecule has 0 atom stereocenters. The third kappa shape index (κ3) is 5.74. The van der Waals surface area contributed by atoms with E-state index in [9.17, 15) is 13.2 Å². The van der Waals surface area contributed by atoms with Gasteiger partial charge >= 0.3 is 0 Å². The van der Waals surface area contributed by atoms with Crippen LogP contribution in [0.1, 0.15) is 12.5 Å². The van der Waals surface area contributed by atoms with Crippen molar-refractivity contribution in [2.24, 2.45) is 0 Å². The normalized spacial score (nSPS) is 11.1. The van der Waals surface area contributed by atoms with E-state index in [1.54, 1.807) is 6.92 Å². The number of hydrogen-bond donors (Lipinski definition) is 2. The summed E-state index contributed by atoms with van der Waals surface area (Å²) in [6.07, 6.45) is 0. The van der Waals surface area contributed by atoms with Crippen LogP contribution in [0.2, 0.25) is 5.02 Å². The SMILES string of the molecule is CCNC(=O)COc1ccc(S(=O)(=O)NCc2ccccc2)cc1Cl. The third-order valence-corrected chi connectivity index (χ3v) is 4.95. The molecule has 2 N–H and O–H groups in total. The molecule has 0 radical (unpaired) electrons. The van der Waals surface area contributed by atoms with E-state index in [1.165, 1.54) is 18.2 Å². The minimum Gasteiger partial charge on any atom is -0.482 e. The predicted octanol–water partition coefficient (Wildman–Crippen LogP) is 2.33. The minimum absolute atomic E-state index is 0.0267. The van der Waals surface area contributed by atoms with Gasteiger partial charge in [-0.2, -0.15) is 0 Å². The molecule has 2 aromatic rings. The molecule has 2 aromatic carbocycles. The summed E-state index contributed by atoms with van der Waals surface area (Å²) in [4.78, 5) is 11.4. The summed E-state index contributed by atoms with van der Waals surface area (Å²) in [5, 5.41) is 2.71. The second kappa shape index (κ2) is 8.84. The molecule has 8 heteroatoms. The number of nitrogens with one attached hydrogen (secondary N) is 2. The Kier molecular flexibility index (Phi) is 6.81. The first-order valence-electron chi connectivity index (χ1n) is 7.65. The predicted molar refractivity (Wildman–Crippen MR) is 96.1 cm³/mol. The third-order valence-electron chi connectivity index (χ3n) is 3.26. The van der Waals surface area contributed by atoms with Gasteiger partial charge in [0, 0.05) is 13.1 Å². The van der Waals surface area contributed by atoms with E-state index >= 15 is 0 Å². The van der Waals surface area contributed by atoms with Gasteiger partial charge < -0.3 is 10.1 Å². The molecular weight excluding hydrogens is 364 g/mol. The Hall–Kier alpha value is -2.09. The number of rotatable bonds is 8. The molecule has 0 aromatic heterocycles. The highest BCUT2D eigenvalue weighted by Gasteiger charge is 2.16. The first kappa shape index (κ1) is 19.2. The number of benzene rings is 2. The maximum Gasteiger partial charge on any atom is 0.257 e. The van der Waals surface area contributed by atoms with Crippen LogP contribution < -0.4 is 14.8 Å². The van der Waals surface area contributed by atoms with Crippen molar-refractivity contribution in [3.63, 3.8) is 0 Å². The Bertz CT molecular complexity index is 826. The van der Waals surface area contributed by atoms with Crippen LogP contribution in [0.15, 0.2) is 53.4 Å². The van der Waals surface area contributed by atoms with Crippen molar-refractivity contribution in [2.45, 2.75) is 18.4 Å². The van der Waals surface area contributed by atoms with Crippen molar-refractivity contribution in [3.8, 4) is 5.75 Å². The van der Waals surface area contributed by atoms with Crippen LogP contribution in [-0.4, -0.2) is 27.5 Å². The van der Waals surface area contributed by atoms with Crippen molar-refractivity contribution in [1.29, 1.82) is 0 Å². The van der Waals surface area contributed by atoms with Gasteiger partial charge in [-0.05, 0) is 30.7 Å². The van der Waals surface area contributed by atoms with Gasteiger partial charge in [-0.15, -0.1) is 0 Å². The van der Waals surface area contributed by atoms with Crippen LogP contribution in [0.3, 0.4) is 0 Å². The van der Waals surface area contributed by atoms with E-state index < -0.39 is 10.0 Å². The van der Waals surface area contributed by atoms with Gasteiger partial charge in [-0.1, -0.05) is 41.9 Å². The van der Waals surface area contributed by atoms with Gasteiger partial charge in [0.2, 0.25) is 10.0 Å². The standard InChI is InChI=1S/C17H19ClN2O4S/c1-2-19-17(21)12-24-16-9-8-14(10-15(16)18)25(22,23)20-11-13-6-4-3-5-7-13/h3-10,20H,2,11-12H2,1H3,(H,19,21). The van der Waals surface area contributed by atoms with Crippen LogP contribution in [0.25, 0.3) is 0 Å². The summed E-state index contributed by atoms with van der Waals surface area (Å²) < 4.78 is 32.5. The molecule has 25 heavy (non-hydrogen) atoms. The Labute approximate surface area is 152 Å². The number of carbonyl (C=O) groups is 1. The first-order valence-corrected chi connectivity index (χ1v) is 9.51. The van der Waals surface area contributed by atoms with Crippen LogP contribution in [0, 0.1) is 0 Å². The molecule has 0 fully saturated rings. The van der Waals surface area contributed by atoms with E-state index in [2.05, 4.69) is 10.0 Å². The Balaban J connectivity index is 2.04. The fraction of sp³-hybridized carbons (Fsp3) is 0.235. The molecule has 0 aliphatic rings. The molecule has 134 valence electrons. The highest BCUT2D eigenvalue weighted by molar-refractivity contribution is 7.89. The van der Waals surface area contributed by atoms with E-state index in [-0.39, 0.29) is 34.7 Å². The molecule has 0 aliphatic carbocycles. The van der Waals surface area contributed by atoms with Gasteiger partial charge in [0.15, 0.2) is 6.61 Å². The molecule has 0 aliphatic heterocycles. The summed E-state index contributed by atoms with van der Waals surface area (Å²) in [7, 11) is -3.71. The topological polar surface area (TPSA) is 84.5 Å². The van der Waals surface area contributed by atoms with Crippen LogP contribution >= 0.6 is 11.6 Å². The summed E-state index contributed by atoms with van der Waals surface area (Å²) >= 11 is 6.06. The largest absolute Gasteiger partial charge is 0.482 e. The smallest absolute Gasteiger partial charge is 0.257 e. The minimum atomic E-state index is -3.71. The zero-order valence-electron chi connectivity index (χ0n) is 13.7. The zero-order valence-corrected chi connectivity index (χ0v) is 15.2. The lowest BCUT2D eigenvalue weighted by Crippen LogP contribution is -2.28. The number of sulfonamides is 1. The lowest BCUT2D eigenvalue weighted by molar-refractivity contribution is -0.122. The van der Waals surface area contributed by atoms with Crippen molar-refractivity contribution in [2.75, 3.05) is 13.2 Å². The van der Waals surface area contributed by atoms with Gasteiger partial charge in [-0.3, -0.25) is 4.79 Å². The highest BCUT2D eigenvalue weighted by Crippen LogP contribution is 2.27. The first-order chi connectivity index (χ1) is 11.9. The van der Waals surface area contributed by atoms with Crippen LogP contribution in [0.4, 0.5) is 0 Å². The molecule has 2 rings (SSSR count). The fourth-order valence-electron chi connectivity index (χ4n) is 2.01. The van der Waals surface area contributed by atoms with Gasteiger partial charge in [0.05, 0.1) is 9.92 Å². The molecule has 1 amide bonds. The number of carbonyl (C=O) groups excluding carboxylic acids is 1. The molecule has 0 bridgehead atoms. The summed E-state index contributed by atoms with van der Waals surface area (Å²) in [5.74, 6) is -0.0327. The molecule has 0 saturated heterocycles. The number of halogens is 1. The molecule has 0 heterocycles. The lowest BCUT2D eigenvalue weighted by Gasteiger charge is -2.11. The maximum absolute atomic E-state index is 12.3. The highest BCUT2D eigenvalue weighted by atomic mass is 35.5. The molecule has 0 spiro atoms. The van der Waals surface area contributed by atoms with E-state index in [1.807, 2.05) is 30.3 Å². The second-order valence-corrected chi connectivity index (χ2v) is 7.32. The Morgan fingerprint density at radius 2 is 1.88 bits per heavy atom. The average molecular weight is 383 g/mol. The number of ether oxygens (including phenoxy) is 1. The lowest BCUT2D eigenvalue weighted by atomic mass is 10.2. The van der Waals surface area contributed by atoms with Crippen molar-refractivity contribution < 1.29 is 17.9 Å². The Morgan fingerprint density at radius 3 is 2.52 bits per heavy atom. The summed E-state index contributed by atoms with van der Waals surface area (Å²) in [6, 6.07) is 13.3. The second-order valence-electron chi connectivity index (χ2n) is 5.14. The van der Waals surface area contributed by atoms with Crippen LogP contribution in [-0.2, 0) is 21.4 Å². The van der Waals surface area contributed by atoms with E-state index in [4.69, 9.17) is 16.3 Å². The van der Waals surface area contributed by atoms with Gasteiger partial charge in [0.25, 0.3) is 5.91 Å². The monoisotopic (exact) mass is 382 g/mol. The molecular formula is C17H19ClN2O4S. The van der Waals surface area contributed by atoms with Gasteiger partial charge in [0.1, 0.15) is 5.75 Å². The number of likely N-dealkylation sites (N-methyl/N-ethyl adjacent to an activating group) is 1. The number of amides is 1. The number of hydrogen-bond acceptors (Lipinski definition) is 4. The average Bonchev–Trinajstić information content (AvgIpc) is 2.60. The van der Waals surface area contributed by atoms with E-state index in [0.29, 0.717) is 6.54 Å². The van der Waals surface area contributed by atoms with Crippen molar-refractivity contribution in [3.05, 3.63) is 59.1 Å². The van der Waals surface area contributed by atoms with E-state index in [0.717, 1.165) is 5.56 Å². The van der Waals surface area contributed by atoms with Crippen molar-refractivity contribution >= 4 is 27.5 Å². The van der Waals surface area contributed by atoms with Crippen LogP contribution in [0.5, 0.6) is 5.75 Å². The Morgan fingerprint density at radius 1 is 1.16 bits per heavy atom. The summed E-state index contributed by atoms with van der Waals surface area (Å²) in [5.41, 5.74) is 0.846. The summed E-state index contributed by atoms with van der Waals surface area (Å²) in [6.45, 7) is 2.29. The zero-order chi connectivity index (χ0) is 18.3. The molecule has 0 unspecified atom stereocenters. The molecule has 0 saturated carbocycles.